The Morgan fingerprint density at radius 2 is 2.03 bits per heavy atom. The minimum absolute atomic E-state index is 0.0106. The Bertz CT molecular complexity index is 1540. The molecule has 0 unspecified atom stereocenters. The van der Waals surface area contributed by atoms with Crippen LogP contribution in [0.3, 0.4) is 0 Å². The number of nitrogens with one attached hydrogen (secondary N) is 2. The lowest BCUT2D eigenvalue weighted by molar-refractivity contribution is -0.133. The van der Waals surface area contributed by atoms with E-state index in [4.69, 9.17) is 0 Å². The molecule has 4 aromatic rings. The first kappa shape index (κ1) is 22.2. The van der Waals surface area contributed by atoms with Crippen LogP contribution >= 0.6 is 0 Å². The van der Waals surface area contributed by atoms with Crippen LogP contribution in [0.2, 0.25) is 0 Å². The minimum atomic E-state index is -0.417. The summed E-state index contributed by atoms with van der Waals surface area (Å²) in [4.78, 5) is 52.3. The molecule has 8 nitrogen and oxygen atoms in total. The first-order valence-corrected chi connectivity index (χ1v) is 12.1. The largest absolute Gasteiger partial charge is 0.348 e. The number of rotatable bonds is 4. The summed E-state index contributed by atoms with van der Waals surface area (Å²) in [6.07, 6.45) is 4.34. The van der Waals surface area contributed by atoms with Crippen LogP contribution in [-0.2, 0) is 24.3 Å². The molecule has 6 rings (SSSR count). The molecule has 0 radical (unpaired) electrons. The molecular formula is C28H25N5O3. The normalized spacial score (nSPS) is 16.6. The van der Waals surface area contributed by atoms with E-state index in [1.54, 1.807) is 24.5 Å². The summed E-state index contributed by atoms with van der Waals surface area (Å²) in [5.74, 6) is -0.563. The van der Waals surface area contributed by atoms with Crippen LogP contribution < -0.4 is 5.32 Å². The highest BCUT2D eigenvalue weighted by molar-refractivity contribution is 6.06. The summed E-state index contributed by atoms with van der Waals surface area (Å²) in [6, 6.07) is 12.8. The third-order valence-corrected chi connectivity index (χ3v) is 7.34. The van der Waals surface area contributed by atoms with E-state index < -0.39 is 5.92 Å². The predicted molar refractivity (Wildman–Crippen MR) is 133 cm³/mol. The van der Waals surface area contributed by atoms with Gasteiger partial charge in [-0.15, -0.1) is 0 Å². The number of ketones is 1. The number of aryl methyl sites for hydroxylation is 1. The maximum absolute atomic E-state index is 13.4. The van der Waals surface area contributed by atoms with E-state index in [1.807, 2.05) is 42.3 Å². The van der Waals surface area contributed by atoms with Crippen molar-refractivity contribution in [2.75, 3.05) is 6.54 Å². The van der Waals surface area contributed by atoms with Gasteiger partial charge < -0.3 is 15.2 Å². The molecule has 8 heteroatoms. The molecule has 2 aromatic heterocycles. The summed E-state index contributed by atoms with van der Waals surface area (Å²) in [6.45, 7) is 3.32. The van der Waals surface area contributed by atoms with Crippen LogP contribution in [0.1, 0.15) is 61.0 Å². The third-order valence-electron chi connectivity index (χ3n) is 7.34. The predicted octanol–water partition coefficient (Wildman–Crippen LogP) is 3.45. The minimum Gasteiger partial charge on any atom is -0.348 e. The van der Waals surface area contributed by atoms with Crippen LogP contribution in [0.25, 0.3) is 11.0 Å². The SMILES string of the molecule is Cc1ncc2c(c1CNC(=O)c1ccc3nc[nH]c3c1)CCN(C(=O)[C@@H]1CC(=O)c3ccccc31)C2. The fraction of sp³-hybridized carbons (Fsp3) is 0.250. The molecule has 3 heterocycles. The quantitative estimate of drug-likeness (QED) is 0.466. The van der Waals surface area contributed by atoms with Gasteiger partial charge in [0, 0.05) is 49.1 Å². The highest BCUT2D eigenvalue weighted by Gasteiger charge is 2.37. The van der Waals surface area contributed by atoms with E-state index >= 15 is 0 Å². The second-order valence-electron chi connectivity index (χ2n) is 9.42. The van der Waals surface area contributed by atoms with Crippen molar-refractivity contribution in [1.29, 1.82) is 0 Å². The smallest absolute Gasteiger partial charge is 0.251 e. The van der Waals surface area contributed by atoms with Crippen molar-refractivity contribution >= 4 is 28.6 Å². The zero-order chi connectivity index (χ0) is 24.8. The molecule has 2 aromatic carbocycles. The number of imidazole rings is 1. The molecule has 2 aliphatic rings. The van der Waals surface area contributed by atoms with Gasteiger partial charge in [-0.3, -0.25) is 19.4 Å². The molecule has 0 fully saturated rings. The topological polar surface area (TPSA) is 108 Å². The van der Waals surface area contributed by atoms with E-state index in [9.17, 15) is 14.4 Å². The van der Waals surface area contributed by atoms with E-state index in [2.05, 4.69) is 20.3 Å². The summed E-state index contributed by atoms with van der Waals surface area (Å²) in [5.41, 5.74) is 7.67. The molecule has 2 amide bonds. The standard InChI is InChI=1S/C28H25N5O3/c1-16-23(13-30-27(35)17-6-7-24-25(10-17)32-15-31-24)19-8-9-33(14-18(19)12-29-16)28(36)22-11-26(34)21-5-3-2-4-20(21)22/h2-7,10,12,15,22H,8-9,11,13-14H2,1H3,(H,30,35)(H,31,32)/t22-/m1/s1. The van der Waals surface area contributed by atoms with Crippen LogP contribution in [0, 0.1) is 6.92 Å². The number of carbonyl (C=O) groups is 3. The number of hydrogen-bond acceptors (Lipinski definition) is 5. The Balaban J connectivity index is 1.18. The molecule has 36 heavy (non-hydrogen) atoms. The zero-order valence-corrected chi connectivity index (χ0v) is 19.9. The van der Waals surface area contributed by atoms with Crippen molar-refractivity contribution < 1.29 is 14.4 Å². The zero-order valence-electron chi connectivity index (χ0n) is 19.9. The number of hydrogen-bond donors (Lipinski definition) is 2. The first-order valence-electron chi connectivity index (χ1n) is 12.1. The summed E-state index contributed by atoms with van der Waals surface area (Å²) in [7, 11) is 0. The van der Waals surface area contributed by atoms with Crippen molar-refractivity contribution in [2.45, 2.75) is 38.8 Å². The number of aromatic amines is 1. The van der Waals surface area contributed by atoms with E-state index in [0.29, 0.717) is 37.2 Å². The summed E-state index contributed by atoms with van der Waals surface area (Å²) >= 11 is 0. The van der Waals surface area contributed by atoms with Crippen molar-refractivity contribution in [1.82, 2.24) is 25.2 Å². The van der Waals surface area contributed by atoms with Gasteiger partial charge in [-0.25, -0.2) is 4.98 Å². The fourth-order valence-corrected chi connectivity index (χ4v) is 5.39. The number of amides is 2. The summed E-state index contributed by atoms with van der Waals surface area (Å²) in [5, 5.41) is 3.03. The molecule has 0 saturated heterocycles. The Labute approximate surface area is 207 Å². The maximum atomic E-state index is 13.4. The van der Waals surface area contributed by atoms with Gasteiger partial charge in [0.1, 0.15) is 0 Å². The van der Waals surface area contributed by atoms with Gasteiger partial charge in [0.2, 0.25) is 5.91 Å². The molecule has 180 valence electrons. The number of pyridine rings is 1. The van der Waals surface area contributed by atoms with Crippen LogP contribution in [0.15, 0.2) is 55.0 Å². The molecule has 1 aliphatic carbocycles. The Morgan fingerprint density at radius 1 is 1.17 bits per heavy atom. The third kappa shape index (κ3) is 3.75. The molecule has 0 bridgehead atoms. The van der Waals surface area contributed by atoms with E-state index in [0.717, 1.165) is 39.0 Å². The van der Waals surface area contributed by atoms with Crippen LogP contribution in [-0.4, -0.2) is 44.0 Å². The lowest BCUT2D eigenvalue weighted by atomic mass is 9.93. The lowest BCUT2D eigenvalue weighted by Crippen LogP contribution is -2.39. The first-order chi connectivity index (χ1) is 17.5. The number of carbonyl (C=O) groups excluding carboxylic acids is 3. The Hall–Kier alpha value is -4.33. The van der Waals surface area contributed by atoms with Crippen molar-refractivity contribution in [2.24, 2.45) is 0 Å². The second-order valence-corrected chi connectivity index (χ2v) is 9.42. The lowest BCUT2D eigenvalue weighted by Gasteiger charge is -2.32. The van der Waals surface area contributed by atoms with E-state index in [-0.39, 0.29) is 24.0 Å². The van der Waals surface area contributed by atoms with Crippen LogP contribution in [0.5, 0.6) is 0 Å². The molecule has 0 spiro atoms. The monoisotopic (exact) mass is 479 g/mol. The number of fused-ring (bicyclic) bond motifs is 3. The number of benzene rings is 2. The molecule has 1 atom stereocenters. The van der Waals surface area contributed by atoms with Crippen molar-refractivity contribution in [3.8, 4) is 0 Å². The van der Waals surface area contributed by atoms with Gasteiger partial charge in [0.05, 0.1) is 23.3 Å². The van der Waals surface area contributed by atoms with Crippen molar-refractivity contribution in [3.63, 3.8) is 0 Å². The van der Waals surface area contributed by atoms with Gasteiger partial charge in [-0.05, 0) is 53.8 Å². The van der Waals surface area contributed by atoms with Crippen molar-refractivity contribution in [3.05, 3.63) is 94.1 Å². The maximum Gasteiger partial charge on any atom is 0.251 e. The highest BCUT2D eigenvalue weighted by atomic mass is 16.2. The molecule has 1 aliphatic heterocycles. The number of nitrogens with zero attached hydrogens (tertiary/aromatic N) is 3. The van der Waals surface area contributed by atoms with Gasteiger partial charge >= 0.3 is 0 Å². The van der Waals surface area contributed by atoms with Crippen LogP contribution in [0.4, 0.5) is 0 Å². The average molecular weight is 480 g/mol. The molecule has 2 N–H and O–H groups in total. The summed E-state index contributed by atoms with van der Waals surface area (Å²) < 4.78 is 0. The fourth-order valence-electron chi connectivity index (χ4n) is 5.39. The number of Topliss-reactive ketones (excluding diaryl/α,β-unsaturated/α-hetero) is 1. The molecular weight excluding hydrogens is 454 g/mol. The number of aromatic nitrogens is 3. The van der Waals surface area contributed by atoms with E-state index in [1.165, 1.54) is 0 Å². The Morgan fingerprint density at radius 3 is 2.92 bits per heavy atom. The molecule has 0 saturated carbocycles. The van der Waals surface area contributed by atoms with Gasteiger partial charge in [-0.1, -0.05) is 24.3 Å². The van der Waals surface area contributed by atoms with Gasteiger partial charge in [0.25, 0.3) is 5.91 Å². The average Bonchev–Trinajstić information content (AvgIpc) is 3.51. The second kappa shape index (κ2) is 8.71. The van der Waals surface area contributed by atoms with Gasteiger partial charge in [0.15, 0.2) is 5.78 Å². The van der Waals surface area contributed by atoms with Gasteiger partial charge in [-0.2, -0.15) is 0 Å². The number of H-pyrrole nitrogens is 1. The highest BCUT2D eigenvalue weighted by Crippen LogP contribution is 2.35. The Kier molecular flexibility index (Phi) is 5.36.